The molecule has 2 atom stereocenters. The highest BCUT2D eigenvalue weighted by atomic mass is 32.2. The lowest BCUT2D eigenvalue weighted by Crippen LogP contribution is -2.70. The van der Waals surface area contributed by atoms with Crippen molar-refractivity contribution < 1.29 is 33.8 Å². The minimum Gasteiger partial charge on any atom is -0.477 e. The van der Waals surface area contributed by atoms with Crippen LogP contribution in [-0.2, 0) is 35.3 Å². The zero-order valence-corrected chi connectivity index (χ0v) is 15.9. The van der Waals surface area contributed by atoms with Crippen molar-refractivity contribution in [3.63, 3.8) is 0 Å². The fourth-order valence-electron chi connectivity index (χ4n) is 2.84. The average Bonchev–Trinajstić information content (AvgIpc) is 3.15. The summed E-state index contributed by atoms with van der Waals surface area (Å²) in [5.41, 5.74) is -0.0391. The highest BCUT2D eigenvalue weighted by molar-refractivity contribution is 8.00. The van der Waals surface area contributed by atoms with Gasteiger partial charge in [-0.15, -0.1) is 16.9 Å². The summed E-state index contributed by atoms with van der Waals surface area (Å²) in [6.45, 7) is 0.706. The monoisotopic (exact) mass is 424 g/mol. The first-order valence-electron chi connectivity index (χ1n) is 8.33. The molecule has 0 bridgehead atoms. The van der Waals surface area contributed by atoms with Gasteiger partial charge in [-0.1, -0.05) is 0 Å². The third-order valence-electron chi connectivity index (χ3n) is 4.06. The SMILES string of the molecule is CC(=O)CC(=O)OCC1=C(C(=O)O)N2C(=O)[C@@H](NC(=O)Cn3cnnn3)[C@@H]2SC1. The number of aromatic nitrogens is 4. The molecule has 1 aromatic heterocycles. The maximum atomic E-state index is 12.5. The van der Waals surface area contributed by atoms with Crippen LogP contribution in [0.1, 0.15) is 13.3 Å². The van der Waals surface area contributed by atoms with Crippen LogP contribution in [0.4, 0.5) is 0 Å². The van der Waals surface area contributed by atoms with E-state index in [2.05, 4.69) is 20.8 Å². The van der Waals surface area contributed by atoms with Crippen molar-refractivity contribution in [1.29, 1.82) is 0 Å². The van der Waals surface area contributed by atoms with Crippen molar-refractivity contribution in [3.8, 4) is 0 Å². The number of ether oxygens (including phenoxy) is 1. The number of carboxylic acid groups (broad SMARTS) is 1. The van der Waals surface area contributed by atoms with Crippen molar-refractivity contribution in [2.24, 2.45) is 0 Å². The number of nitrogens with zero attached hydrogens (tertiary/aromatic N) is 5. The number of Topliss-reactive ketones (excluding diaryl/α,β-unsaturated/α-hetero) is 1. The molecule has 3 heterocycles. The fraction of sp³-hybridized carbons (Fsp3) is 0.467. The van der Waals surface area contributed by atoms with E-state index in [1.807, 2.05) is 0 Å². The molecule has 2 N–H and O–H groups in total. The number of thioether (sulfide) groups is 1. The van der Waals surface area contributed by atoms with Crippen LogP contribution in [0.2, 0.25) is 0 Å². The molecule has 2 aliphatic rings. The molecule has 0 radical (unpaired) electrons. The Balaban J connectivity index is 1.66. The van der Waals surface area contributed by atoms with Gasteiger partial charge in [-0.2, -0.15) is 0 Å². The lowest BCUT2D eigenvalue weighted by molar-refractivity contribution is -0.151. The highest BCUT2D eigenvalue weighted by Gasteiger charge is 2.54. The molecule has 29 heavy (non-hydrogen) atoms. The second-order valence-electron chi connectivity index (χ2n) is 6.26. The van der Waals surface area contributed by atoms with Crippen LogP contribution < -0.4 is 5.32 Å². The van der Waals surface area contributed by atoms with E-state index in [4.69, 9.17) is 4.74 Å². The average molecular weight is 424 g/mol. The van der Waals surface area contributed by atoms with E-state index in [-0.39, 0.29) is 36.0 Å². The molecular weight excluding hydrogens is 408 g/mol. The molecule has 0 unspecified atom stereocenters. The van der Waals surface area contributed by atoms with Crippen molar-refractivity contribution in [3.05, 3.63) is 17.6 Å². The summed E-state index contributed by atoms with van der Waals surface area (Å²) in [4.78, 5) is 59.8. The Morgan fingerprint density at radius 2 is 2.14 bits per heavy atom. The van der Waals surface area contributed by atoms with Gasteiger partial charge in [-0.25, -0.2) is 9.48 Å². The number of carboxylic acids is 1. The molecule has 0 aromatic carbocycles. The van der Waals surface area contributed by atoms with Crippen LogP contribution in [0.15, 0.2) is 17.6 Å². The van der Waals surface area contributed by atoms with Crippen molar-refractivity contribution in [2.75, 3.05) is 12.4 Å². The predicted molar refractivity (Wildman–Crippen MR) is 93.8 cm³/mol. The number of aliphatic carboxylic acids is 1. The topological polar surface area (TPSA) is 174 Å². The van der Waals surface area contributed by atoms with Crippen LogP contribution in [0, 0.1) is 0 Å². The van der Waals surface area contributed by atoms with Gasteiger partial charge in [0, 0.05) is 11.3 Å². The Kier molecular flexibility index (Phi) is 5.91. The van der Waals surface area contributed by atoms with E-state index in [1.54, 1.807) is 0 Å². The Hall–Kier alpha value is -3.29. The van der Waals surface area contributed by atoms with Crippen LogP contribution in [0.3, 0.4) is 0 Å². The lowest BCUT2D eigenvalue weighted by atomic mass is 10.0. The third-order valence-corrected chi connectivity index (χ3v) is 5.40. The largest absolute Gasteiger partial charge is 0.477 e. The Labute approximate surface area is 167 Å². The fourth-order valence-corrected chi connectivity index (χ4v) is 4.16. The van der Waals surface area contributed by atoms with E-state index in [1.165, 1.54) is 29.7 Å². The molecule has 0 saturated carbocycles. The van der Waals surface area contributed by atoms with Gasteiger partial charge in [-0.3, -0.25) is 24.1 Å². The zero-order chi connectivity index (χ0) is 21.1. The molecule has 3 rings (SSSR count). The maximum Gasteiger partial charge on any atom is 0.352 e. The normalized spacial score (nSPS) is 20.6. The first-order chi connectivity index (χ1) is 13.8. The van der Waals surface area contributed by atoms with Gasteiger partial charge in [0.05, 0.1) is 0 Å². The lowest BCUT2D eigenvalue weighted by Gasteiger charge is -2.49. The quantitative estimate of drug-likeness (QED) is 0.267. The minimum atomic E-state index is -1.35. The van der Waals surface area contributed by atoms with Crippen LogP contribution in [0.25, 0.3) is 0 Å². The predicted octanol–water partition coefficient (Wildman–Crippen LogP) is -2.07. The van der Waals surface area contributed by atoms with Crippen LogP contribution in [-0.4, -0.2) is 83.5 Å². The van der Waals surface area contributed by atoms with Crippen LogP contribution in [0.5, 0.6) is 0 Å². The number of ketones is 1. The Morgan fingerprint density at radius 3 is 2.76 bits per heavy atom. The zero-order valence-electron chi connectivity index (χ0n) is 15.1. The van der Waals surface area contributed by atoms with E-state index >= 15 is 0 Å². The minimum absolute atomic E-state index is 0.183. The third kappa shape index (κ3) is 4.42. The number of hydrogen-bond acceptors (Lipinski definition) is 10. The first-order valence-corrected chi connectivity index (χ1v) is 9.38. The summed E-state index contributed by atoms with van der Waals surface area (Å²) in [7, 11) is 0. The number of β-lactam (4-membered cyclic amide) rings is 1. The van der Waals surface area contributed by atoms with Gasteiger partial charge in [0.2, 0.25) is 5.91 Å². The van der Waals surface area contributed by atoms with Crippen molar-refractivity contribution >= 4 is 41.3 Å². The maximum absolute atomic E-state index is 12.5. The summed E-state index contributed by atoms with van der Waals surface area (Å²) in [5.74, 6) is -3.40. The number of esters is 1. The summed E-state index contributed by atoms with van der Waals surface area (Å²) >= 11 is 1.23. The molecule has 13 nitrogen and oxygen atoms in total. The molecule has 14 heteroatoms. The smallest absolute Gasteiger partial charge is 0.352 e. The summed E-state index contributed by atoms with van der Waals surface area (Å²) in [6.07, 6.45) is 0.832. The number of fused-ring (bicyclic) bond motifs is 1. The summed E-state index contributed by atoms with van der Waals surface area (Å²) in [6, 6.07) is -0.889. The molecule has 0 spiro atoms. The second kappa shape index (κ2) is 8.38. The molecule has 2 aliphatic heterocycles. The van der Waals surface area contributed by atoms with Gasteiger partial charge in [0.15, 0.2) is 0 Å². The molecule has 1 aromatic rings. The summed E-state index contributed by atoms with van der Waals surface area (Å²) < 4.78 is 6.12. The molecule has 154 valence electrons. The number of tetrazole rings is 1. The van der Waals surface area contributed by atoms with Gasteiger partial charge >= 0.3 is 11.9 Å². The number of rotatable bonds is 8. The highest BCUT2D eigenvalue weighted by Crippen LogP contribution is 2.40. The molecular formula is C15H16N6O7S. The molecule has 2 amide bonds. The number of carbonyl (C=O) groups is 5. The van der Waals surface area contributed by atoms with E-state index < -0.39 is 41.6 Å². The Morgan fingerprint density at radius 1 is 1.38 bits per heavy atom. The van der Waals surface area contributed by atoms with E-state index in [0.717, 1.165) is 4.90 Å². The van der Waals surface area contributed by atoms with Gasteiger partial charge < -0.3 is 15.2 Å². The number of amides is 2. The van der Waals surface area contributed by atoms with Crippen molar-refractivity contribution in [1.82, 2.24) is 30.4 Å². The second-order valence-corrected chi connectivity index (χ2v) is 7.36. The van der Waals surface area contributed by atoms with Gasteiger partial charge in [0.25, 0.3) is 5.91 Å². The summed E-state index contributed by atoms with van der Waals surface area (Å²) in [5, 5.41) is 21.8. The molecule has 0 aliphatic carbocycles. The number of carbonyl (C=O) groups excluding carboxylic acids is 4. The number of hydrogen-bond donors (Lipinski definition) is 2. The van der Waals surface area contributed by atoms with Gasteiger partial charge in [0.1, 0.15) is 48.8 Å². The van der Waals surface area contributed by atoms with Gasteiger partial charge in [-0.05, 0) is 17.4 Å². The first kappa shape index (κ1) is 20.4. The van der Waals surface area contributed by atoms with E-state index in [9.17, 15) is 29.1 Å². The Bertz CT molecular complexity index is 899. The molecule has 1 fully saturated rings. The van der Waals surface area contributed by atoms with Crippen LogP contribution >= 0.6 is 11.8 Å². The van der Waals surface area contributed by atoms with E-state index in [0.29, 0.717) is 0 Å². The van der Waals surface area contributed by atoms with Crippen molar-refractivity contribution in [2.45, 2.75) is 31.3 Å². The molecule has 1 saturated heterocycles. The standard InChI is InChI=1S/C15H16N6O7S/c1-7(22)2-10(24)28-4-8-5-29-14-11(13(25)21(14)12(8)15(26)27)17-9(23)3-20-6-16-18-19-20/h6,11,14H,2-5H2,1H3,(H,17,23)(H,26,27)/t11-,14+/m1/s1. The number of nitrogens with one attached hydrogen (secondary N) is 1.